The Kier molecular flexibility index (Phi) is 6.56. The van der Waals surface area contributed by atoms with E-state index >= 15 is 0 Å². The van der Waals surface area contributed by atoms with Crippen LogP contribution in [0.25, 0.3) is 0 Å². The molecule has 1 heterocycles. The van der Waals surface area contributed by atoms with Crippen molar-refractivity contribution in [2.45, 2.75) is 43.0 Å². The number of hydrogen-bond acceptors (Lipinski definition) is 5. The van der Waals surface area contributed by atoms with Gasteiger partial charge in [-0.05, 0) is 25.8 Å². The Morgan fingerprint density at radius 2 is 2.41 bits per heavy atom. The smallest absolute Gasteiger partial charge is 0.149 e. The lowest BCUT2D eigenvalue weighted by Gasteiger charge is -2.25. The van der Waals surface area contributed by atoms with Crippen molar-refractivity contribution in [1.29, 1.82) is 5.26 Å². The molecule has 1 unspecified atom stereocenters. The van der Waals surface area contributed by atoms with Crippen molar-refractivity contribution >= 4 is 23.1 Å². The van der Waals surface area contributed by atoms with Crippen molar-refractivity contribution in [3.8, 4) is 6.07 Å². The summed E-state index contributed by atoms with van der Waals surface area (Å²) in [7, 11) is 0. The van der Waals surface area contributed by atoms with Crippen molar-refractivity contribution in [1.82, 2.24) is 10.3 Å². The first-order valence-corrected chi connectivity index (χ1v) is 7.81. The molecule has 17 heavy (non-hydrogen) atoms. The largest absolute Gasteiger partial charge is 0.300 e. The molecule has 0 aliphatic heterocycles. The van der Waals surface area contributed by atoms with Gasteiger partial charge in [-0.15, -0.1) is 11.3 Å². The molecule has 0 saturated carbocycles. The van der Waals surface area contributed by atoms with Crippen LogP contribution in [0.5, 0.6) is 0 Å². The Hall–Kier alpha value is -0.570. The van der Waals surface area contributed by atoms with Crippen molar-refractivity contribution < 1.29 is 0 Å². The number of thiazole rings is 1. The van der Waals surface area contributed by atoms with Gasteiger partial charge in [-0.1, -0.05) is 25.6 Å². The van der Waals surface area contributed by atoms with Crippen LogP contribution < -0.4 is 5.32 Å². The fraction of sp³-hybridized carbons (Fsp3) is 0.667. The number of nitrogens with one attached hydrogen (secondary N) is 1. The monoisotopic (exact) mass is 269 g/mol. The molecular weight excluding hydrogens is 250 g/mol. The summed E-state index contributed by atoms with van der Waals surface area (Å²) in [5.41, 5.74) is -0.335. The van der Waals surface area contributed by atoms with Crippen molar-refractivity contribution in [2.75, 3.05) is 12.3 Å². The summed E-state index contributed by atoms with van der Waals surface area (Å²) < 4.78 is 1.12. The van der Waals surface area contributed by atoms with Gasteiger partial charge in [0.05, 0.1) is 6.07 Å². The third kappa shape index (κ3) is 4.66. The van der Waals surface area contributed by atoms with Crippen molar-refractivity contribution in [3.05, 3.63) is 11.6 Å². The van der Waals surface area contributed by atoms with E-state index in [4.69, 9.17) is 0 Å². The zero-order chi connectivity index (χ0) is 12.6. The number of thioether (sulfide) groups is 1. The van der Waals surface area contributed by atoms with Crippen LogP contribution in [0.15, 0.2) is 15.9 Å². The van der Waals surface area contributed by atoms with Crippen LogP contribution in [0, 0.1) is 11.3 Å². The van der Waals surface area contributed by atoms with E-state index < -0.39 is 0 Å². The van der Waals surface area contributed by atoms with Crippen LogP contribution in [-0.2, 0) is 0 Å². The minimum Gasteiger partial charge on any atom is -0.300 e. The van der Waals surface area contributed by atoms with Crippen LogP contribution in [-0.4, -0.2) is 22.8 Å². The molecule has 0 amide bonds. The molecule has 1 aromatic rings. The highest BCUT2D eigenvalue weighted by molar-refractivity contribution is 8.00. The first-order chi connectivity index (χ1) is 8.26. The summed E-state index contributed by atoms with van der Waals surface area (Å²) >= 11 is 3.45. The second-order valence-electron chi connectivity index (χ2n) is 3.83. The molecule has 1 atom stereocenters. The molecule has 1 N–H and O–H groups in total. The maximum absolute atomic E-state index is 9.26. The molecule has 0 aliphatic rings. The van der Waals surface area contributed by atoms with E-state index in [0.717, 1.165) is 35.9 Å². The van der Waals surface area contributed by atoms with Gasteiger partial charge in [-0.25, -0.2) is 4.98 Å². The maximum Gasteiger partial charge on any atom is 0.149 e. The van der Waals surface area contributed by atoms with Crippen LogP contribution in [0.3, 0.4) is 0 Å². The van der Waals surface area contributed by atoms with Crippen LogP contribution >= 0.6 is 23.1 Å². The average Bonchev–Trinajstić information content (AvgIpc) is 2.86. The molecule has 3 nitrogen and oxygen atoms in total. The quantitative estimate of drug-likeness (QED) is 0.581. The van der Waals surface area contributed by atoms with Crippen molar-refractivity contribution in [2.24, 2.45) is 0 Å². The van der Waals surface area contributed by atoms with Gasteiger partial charge in [0.1, 0.15) is 9.88 Å². The molecule has 1 rings (SSSR count). The summed E-state index contributed by atoms with van der Waals surface area (Å²) in [5, 5.41) is 14.6. The zero-order valence-corrected chi connectivity index (χ0v) is 12.0. The number of aromatic nitrogens is 1. The normalized spacial score (nSPS) is 14.2. The third-order valence-corrected chi connectivity index (χ3v) is 4.77. The average molecular weight is 269 g/mol. The predicted molar refractivity (Wildman–Crippen MR) is 74.4 cm³/mol. The van der Waals surface area contributed by atoms with Gasteiger partial charge in [-0.3, -0.25) is 5.32 Å². The molecule has 0 aliphatic carbocycles. The fourth-order valence-electron chi connectivity index (χ4n) is 1.72. The van der Waals surface area contributed by atoms with Gasteiger partial charge < -0.3 is 0 Å². The van der Waals surface area contributed by atoms with Gasteiger partial charge in [0.25, 0.3) is 0 Å². The number of rotatable bonds is 8. The molecule has 5 heteroatoms. The molecule has 0 spiro atoms. The Morgan fingerprint density at radius 3 is 2.94 bits per heavy atom. The lowest BCUT2D eigenvalue weighted by molar-refractivity contribution is 0.379. The van der Waals surface area contributed by atoms with Gasteiger partial charge in [0.15, 0.2) is 0 Å². The molecule has 94 valence electrons. The SMILES string of the molecule is CCNC(C#N)(CC)CCCSc1nccs1. The van der Waals surface area contributed by atoms with E-state index in [0.29, 0.717) is 0 Å². The summed E-state index contributed by atoms with van der Waals surface area (Å²) in [5.74, 6) is 1.03. The Labute approximate surface area is 112 Å². The van der Waals surface area contributed by atoms with E-state index in [9.17, 15) is 5.26 Å². The van der Waals surface area contributed by atoms with E-state index in [1.165, 1.54) is 0 Å². The summed E-state index contributed by atoms with van der Waals surface area (Å²) in [6.07, 6.45) is 4.64. The van der Waals surface area contributed by atoms with E-state index in [-0.39, 0.29) is 5.54 Å². The van der Waals surface area contributed by atoms with E-state index in [1.54, 1.807) is 23.1 Å². The van der Waals surface area contributed by atoms with Gasteiger partial charge in [-0.2, -0.15) is 5.26 Å². The molecular formula is C12H19N3S2. The highest BCUT2D eigenvalue weighted by Crippen LogP contribution is 2.24. The third-order valence-electron chi connectivity index (χ3n) is 2.72. The molecule has 0 saturated heterocycles. The lowest BCUT2D eigenvalue weighted by Crippen LogP contribution is -2.43. The van der Waals surface area contributed by atoms with E-state index in [1.807, 2.05) is 18.5 Å². The van der Waals surface area contributed by atoms with Crippen LogP contribution in [0.1, 0.15) is 33.1 Å². The number of nitriles is 1. The lowest BCUT2D eigenvalue weighted by atomic mass is 9.92. The second-order valence-corrected chi connectivity index (χ2v) is 6.06. The number of hydrogen-bond donors (Lipinski definition) is 1. The maximum atomic E-state index is 9.26. The Morgan fingerprint density at radius 1 is 1.59 bits per heavy atom. The van der Waals surface area contributed by atoms with Crippen LogP contribution in [0.2, 0.25) is 0 Å². The highest BCUT2D eigenvalue weighted by atomic mass is 32.2. The molecule has 0 fully saturated rings. The minimum atomic E-state index is -0.335. The highest BCUT2D eigenvalue weighted by Gasteiger charge is 2.25. The fourth-order valence-corrected chi connectivity index (χ4v) is 3.37. The molecule has 0 aromatic carbocycles. The summed E-state index contributed by atoms with van der Waals surface area (Å²) in [6.45, 7) is 4.97. The summed E-state index contributed by atoms with van der Waals surface area (Å²) in [6, 6.07) is 2.43. The van der Waals surface area contributed by atoms with Crippen LogP contribution in [0.4, 0.5) is 0 Å². The standard InChI is InChI=1S/C12H19N3S2/c1-3-12(10-13,15-4-2)6-5-8-16-11-14-7-9-17-11/h7,9,15H,3-6,8H2,1-2H3. The Bertz CT molecular complexity index is 345. The number of nitrogens with zero attached hydrogens (tertiary/aromatic N) is 2. The van der Waals surface area contributed by atoms with E-state index in [2.05, 4.69) is 23.3 Å². The van der Waals surface area contributed by atoms with Gasteiger partial charge >= 0.3 is 0 Å². The summed E-state index contributed by atoms with van der Waals surface area (Å²) in [4.78, 5) is 4.23. The molecule has 0 bridgehead atoms. The van der Waals surface area contributed by atoms with Gasteiger partial charge in [0.2, 0.25) is 0 Å². The van der Waals surface area contributed by atoms with Crippen molar-refractivity contribution in [3.63, 3.8) is 0 Å². The first-order valence-electron chi connectivity index (χ1n) is 5.95. The Balaban J connectivity index is 2.30. The molecule has 1 aromatic heterocycles. The predicted octanol–water partition coefficient (Wildman–Crippen LogP) is 3.30. The van der Waals surface area contributed by atoms with Gasteiger partial charge in [0, 0.05) is 17.3 Å². The zero-order valence-electron chi connectivity index (χ0n) is 10.4. The topological polar surface area (TPSA) is 48.7 Å². The molecule has 0 radical (unpaired) electrons. The second kappa shape index (κ2) is 7.70. The first kappa shape index (κ1) is 14.5. The minimum absolute atomic E-state index is 0.335.